The first-order valence-electron chi connectivity index (χ1n) is 13.2. The van der Waals surface area contributed by atoms with Crippen LogP contribution in [-0.2, 0) is 11.0 Å². The summed E-state index contributed by atoms with van der Waals surface area (Å²) in [5.74, 6) is -2.89. The van der Waals surface area contributed by atoms with Gasteiger partial charge in [0.05, 0.1) is 31.0 Å². The summed E-state index contributed by atoms with van der Waals surface area (Å²) in [4.78, 5) is 34.8. The minimum Gasteiger partial charge on any atom is -0.480 e. The molecular formula is C26H26F7N7O3. The molecule has 1 saturated carbocycles. The maximum absolute atomic E-state index is 15.0. The van der Waals surface area contributed by atoms with Crippen molar-refractivity contribution in [1.29, 1.82) is 0 Å². The molecule has 4 heterocycles. The van der Waals surface area contributed by atoms with Crippen LogP contribution in [-0.4, -0.2) is 74.9 Å². The predicted molar refractivity (Wildman–Crippen MR) is 136 cm³/mol. The molecule has 1 saturated heterocycles. The van der Waals surface area contributed by atoms with Crippen molar-refractivity contribution in [3.05, 3.63) is 35.8 Å². The zero-order valence-corrected chi connectivity index (χ0v) is 22.6. The first-order chi connectivity index (χ1) is 20.2. The average molecular weight is 618 g/mol. The Kier molecular flexibility index (Phi) is 7.62. The highest BCUT2D eigenvalue weighted by molar-refractivity contribution is 5.98. The van der Waals surface area contributed by atoms with E-state index in [0.717, 1.165) is 34.1 Å². The quantitative estimate of drug-likeness (QED) is 0.411. The lowest BCUT2D eigenvalue weighted by molar-refractivity contribution is -0.235. The smallest absolute Gasteiger partial charge is 0.418 e. The Morgan fingerprint density at radius 1 is 1.07 bits per heavy atom. The van der Waals surface area contributed by atoms with Gasteiger partial charge >= 0.3 is 12.4 Å². The van der Waals surface area contributed by atoms with E-state index in [1.165, 1.54) is 7.11 Å². The number of nitrogen functional groups attached to an aromatic ring is 1. The van der Waals surface area contributed by atoms with E-state index in [2.05, 4.69) is 20.4 Å². The van der Waals surface area contributed by atoms with Gasteiger partial charge in [-0.1, -0.05) is 19.3 Å². The van der Waals surface area contributed by atoms with E-state index in [1.807, 2.05) is 0 Å². The van der Waals surface area contributed by atoms with Crippen molar-refractivity contribution in [3.63, 3.8) is 0 Å². The normalized spacial score (nSPS) is 20.8. The Hall–Kier alpha value is -4.18. The number of nitrogens with one attached hydrogen (secondary N) is 1. The van der Waals surface area contributed by atoms with Gasteiger partial charge in [-0.05, 0) is 25.0 Å². The summed E-state index contributed by atoms with van der Waals surface area (Å²) < 4.78 is 105. The van der Waals surface area contributed by atoms with Crippen molar-refractivity contribution in [3.8, 4) is 17.1 Å². The van der Waals surface area contributed by atoms with Crippen molar-refractivity contribution in [2.24, 2.45) is 5.41 Å². The van der Waals surface area contributed by atoms with Gasteiger partial charge in [-0.15, -0.1) is 0 Å². The summed E-state index contributed by atoms with van der Waals surface area (Å²) in [7, 11) is 1.18. The lowest BCUT2D eigenvalue weighted by Crippen LogP contribution is -2.53. The number of nitrogens with zero attached hydrogens (tertiary/aromatic N) is 5. The Morgan fingerprint density at radius 2 is 1.77 bits per heavy atom. The number of hydrogen-bond acceptors (Lipinski definition) is 7. The summed E-state index contributed by atoms with van der Waals surface area (Å²) in [6.07, 6.45) is -9.26. The topological polar surface area (TPSA) is 128 Å². The van der Waals surface area contributed by atoms with E-state index in [0.29, 0.717) is 6.42 Å². The number of carbonyl (C=O) groups excluding carboxylic acids is 2. The highest BCUT2D eigenvalue weighted by Crippen LogP contribution is 2.50. The third-order valence-corrected chi connectivity index (χ3v) is 7.98. The van der Waals surface area contributed by atoms with Crippen LogP contribution < -0.4 is 15.8 Å². The largest absolute Gasteiger partial charge is 0.480 e. The van der Waals surface area contributed by atoms with Crippen molar-refractivity contribution >= 4 is 23.1 Å². The molecule has 3 aromatic rings. The van der Waals surface area contributed by atoms with Gasteiger partial charge in [0.15, 0.2) is 5.82 Å². The van der Waals surface area contributed by atoms with Gasteiger partial charge in [0, 0.05) is 18.3 Å². The summed E-state index contributed by atoms with van der Waals surface area (Å²) in [6, 6.07) is 0.538. The molecule has 0 radical (unpaired) electrons. The second-order valence-electron chi connectivity index (χ2n) is 10.6. The Labute approximate surface area is 239 Å². The van der Waals surface area contributed by atoms with E-state index < -0.39 is 84.6 Å². The van der Waals surface area contributed by atoms with Gasteiger partial charge in [-0.25, -0.2) is 18.9 Å². The Morgan fingerprint density at radius 3 is 2.40 bits per heavy atom. The van der Waals surface area contributed by atoms with Gasteiger partial charge < -0.3 is 20.7 Å². The SMILES string of the molecule is COc1ncc(-c2cc(C(F)(F)F)c3c(N)ncnn23)cc1C(=O)N[C@@H]1CN(C(=O)C2(C(F)(F)F)CCCCC2)C[C@@H]1F. The highest BCUT2D eigenvalue weighted by Gasteiger charge is 2.62. The lowest BCUT2D eigenvalue weighted by Gasteiger charge is -2.39. The van der Waals surface area contributed by atoms with Crippen LogP contribution >= 0.6 is 0 Å². The molecule has 0 spiro atoms. The Bertz CT molecular complexity index is 1550. The maximum atomic E-state index is 15.0. The fourth-order valence-corrected chi connectivity index (χ4v) is 5.80. The molecular weight excluding hydrogens is 591 g/mol. The highest BCUT2D eigenvalue weighted by atomic mass is 19.4. The zero-order valence-electron chi connectivity index (χ0n) is 22.6. The van der Waals surface area contributed by atoms with Gasteiger partial charge in [0.25, 0.3) is 5.91 Å². The number of fused-ring (bicyclic) bond motifs is 1. The van der Waals surface area contributed by atoms with E-state index in [1.54, 1.807) is 0 Å². The van der Waals surface area contributed by atoms with Crippen LogP contribution in [0.3, 0.4) is 0 Å². The van der Waals surface area contributed by atoms with Crippen molar-refractivity contribution in [2.75, 3.05) is 25.9 Å². The minimum absolute atomic E-state index is 0.0148. The van der Waals surface area contributed by atoms with Crippen LogP contribution in [0.4, 0.5) is 36.6 Å². The summed E-state index contributed by atoms with van der Waals surface area (Å²) in [5, 5.41) is 6.22. The summed E-state index contributed by atoms with van der Waals surface area (Å²) >= 11 is 0. The molecule has 2 fully saturated rings. The van der Waals surface area contributed by atoms with Crippen LogP contribution in [0, 0.1) is 5.41 Å². The molecule has 10 nitrogen and oxygen atoms in total. The number of anilines is 1. The number of carbonyl (C=O) groups is 2. The fraction of sp³-hybridized carbons (Fsp3) is 0.500. The molecule has 43 heavy (non-hydrogen) atoms. The molecule has 1 aliphatic carbocycles. The van der Waals surface area contributed by atoms with Crippen LogP contribution in [0.25, 0.3) is 16.8 Å². The average Bonchev–Trinajstić information content (AvgIpc) is 3.53. The number of methoxy groups -OCH3 is 1. The number of likely N-dealkylation sites (tertiary alicyclic amines) is 1. The van der Waals surface area contributed by atoms with Crippen LogP contribution in [0.2, 0.25) is 0 Å². The number of amides is 2. The van der Waals surface area contributed by atoms with Gasteiger partial charge in [-0.3, -0.25) is 9.59 Å². The molecule has 2 atom stereocenters. The lowest BCUT2D eigenvalue weighted by atomic mass is 9.72. The Balaban J connectivity index is 1.42. The first kappa shape index (κ1) is 30.3. The van der Waals surface area contributed by atoms with E-state index in [4.69, 9.17) is 10.5 Å². The number of pyridine rings is 1. The number of nitrogens with two attached hydrogens (primary N) is 1. The molecule has 3 aromatic heterocycles. The van der Waals surface area contributed by atoms with Crippen LogP contribution in [0.1, 0.15) is 48.0 Å². The van der Waals surface area contributed by atoms with Crippen molar-refractivity contribution in [2.45, 2.75) is 56.7 Å². The number of rotatable bonds is 5. The van der Waals surface area contributed by atoms with E-state index in [9.17, 15) is 35.9 Å². The standard InChI is InChI=1S/C26H26F7N7O3/c1-43-22-14(7-13(9-35-22)18-8-15(25(28,29)30)19-20(34)36-12-37-40(18)19)21(41)38-17-11-39(10-16(17)27)23(42)24(26(31,32)33)5-3-2-4-6-24/h7-9,12,16-17H,2-6,10-11H2,1H3,(H,38,41)(H2,34,36,37)/t16-,17+/m0/s1. The second kappa shape index (κ2) is 10.8. The van der Waals surface area contributed by atoms with Crippen molar-refractivity contribution in [1.82, 2.24) is 29.8 Å². The minimum atomic E-state index is -4.83. The number of alkyl halides is 7. The van der Waals surface area contributed by atoms with Crippen LogP contribution in [0.5, 0.6) is 5.88 Å². The molecule has 0 unspecified atom stereocenters. The molecule has 0 aromatic carbocycles. The second-order valence-corrected chi connectivity index (χ2v) is 10.6. The molecule has 0 bridgehead atoms. The zero-order chi connectivity index (χ0) is 31.3. The summed E-state index contributed by atoms with van der Waals surface area (Å²) in [5.41, 5.74) is 0.971. The number of hydrogen-bond donors (Lipinski definition) is 2. The van der Waals surface area contributed by atoms with Gasteiger partial charge in [0.2, 0.25) is 11.8 Å². The molecule has 232 valence electrons. The molecule has 1 aliphatic heterocycles. The van der Waals surface area contributed by atoms with Gasteiger partial charge in [0.1, 0.15) is 29.0 Å². The summed E-state index contributed by atoms with van der Waals surface area (Å²) in [6.45, 7) is -1.15. The number of halogens is 7. The monoisotopic (exact) mass is 617 g/mol. The third-order valence-electron chi connectivity index (χ3n) is 7.98. The third kappa shape index (κ3) is 5.29. The molecule has 5 rings (SSSR count). The molecule has 17 heteroatoms. The molecule has 2 amide bonds. The van der Waals surface area contributed by atoms with E-state index in [-0.39, 0.29) is 35.5 Å². The first-order valence-corrected chi connectivity index (χ1v) is 13.2. The molecule has 2 aliphatic rings. The number of aromatic nitrogens is 4. The van der Waals surface area contributed by atoms with Gasteiger partial charge in [-0.2, -0.15) is 31.4 Å². The molecule has 3 N–H and O–H groups in total. The van der Waals surface area contributed by atoms with Crippen LogP contribution in [0.15, 0.2) is 24.7 Å². The van der Waals surface area contributed by atoms with E-state index >= 15 is 4.39 Å². The number of ether oxygens (including phenoxy) is 1. The van der Waals surface area contributed by atoms with Crippen molar-refractivity contribution < 1.29 is 45.1 Å². The predicted octanol–water partition coefficient (Wildman–Crippen LogP) is 4.19. The maximum Gasteiger partial charge on any atom is 0.418 e. The fourth-order valence-electron chi connectivity index (χ4n) is 5.80.